The molecule has 3 aliphatic carbocycles. The molecule has 0 saturated carbocycles. The Hall–Kier alpha value is -9.04. The van der Waals surface area contributed by atoms with Gasteiger partial charge in [-0.1, -0.05) is 230 Å². The van der Waals surface area contributed by atoms with Crippen molar-refractivity contribution in [3.63, 3.8) is 0 Å². The summed E-state index contributed by atoms with van der Waals surface area (Å²) in [5.41, 5.74) is 28.9. The lowest BCUT2D eigenvalue weighted by Gasteiger charge is -2.31. The molecule has 0 atom stereocenters. The molecule has 0 amide bonds. The highest BCUT2D eigenvalue weighted by Crippen LogP contribution is 2.56. The number of hydrogen-bond donors (Lipinski definition) is 0. The molecule has 1 heteroatoms. The highest BCUT2D eigenvalue weighted by atomic mass is 15.1. The zero-order valence-electron chi connectivity index (χ0n) is 45.1. The minimum absolute atomic E-state index is 0.209. The van der Waals surface area contributed by atoms with Crippen LogP contribution in [0.4, 0.5) is 17.1 Å². The molecule has 0 saturated heterocycles. The molecule has 0 aliphatic heterocycles. The summed E-state index contributed by atoms with van der Waals surface area (Å²) in [4.78, 5) is 2.54. The van der Waals surface area contributed by atoms with Gasteiger partial charge in [-0.05, 0) is 193 Å². The van der Waals surface area contributed by atoms with E-state index in [4.69, 9.17) is 0 Å². The summed E-state index contributed by atoms with van der Waals surface area (Å²) in [6.45, 7) is 14.5. The number of nitrogens with zero attached hydrogens (tertiary/aromatic N) is 1. The van der Waals surface area contributed by atoms with E-state index in [-0.39, 0.29) is 16.2 Å². The molecule has 12 aromatic carbocycles. The smallest absolute Gasteiger partial charge is 0.0465 e. The van der Waals surface area contributed by atoms with Crippen molar-refractivity contribution in [2.45, 2.75) is 57.8 Å². The van der Waals surface area contributed by atoms with Crippen molar-refractivity contribution in [2.75, 3.05) is 4.90 Å². The maximum Gasteiger partial charge on any atom is 0.0465 e. The Labute approximate surface area is 458 Å². The second-order valence-corrected chi connectivity index (χ2v) is 23.7. The van der Waals surface area contributed by atoms with Gasteiger partial charge in [-0.3, -0.25) is 0 Å². The second-order valence-electron chi connectivity index (χ2n) is 23.7. The number of benzene rings is 12. The third-order valence-electron chi connectivity index (χ3n) is 18.3. The van der Waals surface area contributed by atoms with Gasteiger partial charge >= 0.3 is 0 Å². The van der Waals surface area contributed by atoms with E-state index >= 15 is 0 Å². The van der Waals surface area contributed by atoms with Gasteiger partial charge < -0.3 is 4.90 Å². The average molecular weight is 998 g/mol. The van der Waals surface area contributed by atoms with Gasteiger partial charge in [-0.25, -0.2) is 0 Å². The summed E-state index contributed by atoms with van der Waals surface area (Å²) < 4.78 is 0. The van der Waals surface area contributed by atoms with Gasteiger partial charge in [0.15, 0.2) is 0 Å². The molecule has 0 N–H and O–H groups in total. The molecule has 0 unspecified atom stereocenters. The van der Waals surface area contributed by atoms with E-state index in [1.165, 1.54) is 133 Å². The molecule has 0 aromatic heterocycles. The normalized spacial score (nSPS) is 14.6. The fourth-order valence-electron chi connectivity index (χ4n) is 14.0. The van der Waals surface area contributed by atoms with Crippen molar-refractivity contribution >= 4 is 38.6 Å². The average Bonchev–Trinajstić information content (AvgIpc) is 4.09. The van der Waals surface area contributed by atoms with Crippen LogP contribution in [-0.4, -0.2) is 0 Å². The number of hydrogen-bond acceptors (Lipinski definition) is 1. The first-order valence-electron chi connectivity index (χ1n) is 27.7. The van der Waals surface area contributed by atoms with Gasteiger partial charge in [0, 0.05) is 33.3 Å². The van der Waals surface area contributed by atoms with E-state index in [0.717, 1.165) is 17.1 Å². The molecule has 15 rings (SSSR count). The van der Waals surface area contributed by atoms with E-state index in [2.05, 4.69) is 295 Å². The fraction of sp³-hybridized carbons (Fsp3) is 0.117. The molecule has 12 aromatic rings. The maximum atomic E-state index is 2.54. The maximum absolute atomic E-state index is 2.54. The van der Waals surface area contributed by atoms with Gasteiger partial charge in [-0.15, -0.1) is 0 Å². The first-order chi connectivity index (χ1) is 37.9. The Morgan fingerprint density at radius 3 is 0.949 bits per heavy atom. The first-order valence-corrected chi connectivity index (χ1v) is 27.7. The summed E-state index contributed by atoms with van der Waals surface area (Å²) in [7, 11) is 0. The lowest BCUT2D eigenvalue weighted by Crippen LogP contribution is -2.19. The third kappa shape index (κ3) is 6.93. The Morgan fingerprint density at radius 2 is 0.526 bits per heavy atom. The van der Waals surface area contributed by atoms with E-state index in [1.54, 1.807) is 0 Å². The SMILES string of the molecule is CC1(C)c2cc(-c3ccccc3)ccc2-c2ccc(N(c3ccc4c(c3)C(C)(C)c3cc(-c5ccccc5)ccc3-4)c3ccc4c(c3)C(C)(C)c3cc(-c5ccc(-c6cc7ccccc7c7ccccc67)cc5)ccc3-4)cc21. The summed E-state index contributed by atoms with van der Waals surface area (Å²) >= 11 is 0. The topological polar surface area (TPSA) is 3.24 Å². The monoisotopic (exact) mass is 997 g/mol. The van der Waals surface area contributed by atoms with Gasteiger partial charge in [0.05, 0.1) is 0 Å². The molecule has 1 nitrogen and oxygen atoms in total. The van der Waals surface area contributed by atoms with Crippen molar-refractivity contribution in [1.82, 2.24) is 0 Å². The molecule has 0 heterocycles. The standard InChI is InChI=1S/C77H59N/c1-75(2)69-42-52(48-17-9-7-10-18-48)29-35-62(69)65-38-32-56(45-72(65)75)78(57-33-39-66-63-36-30-53(49-19-11-8-12-20-49)43-70(63)76(3,4)73(66)46-57)58-34-40-67-64-37-31-54(44-71(64)77(5,6)74(67)47-58)50-25-27-51(28-26-50)68-41-55-21-13-14-22-59(55)60-23-15-16-24-61(60)68/h7-47H,1-6H3. The van der Waals surface area contributed by atoms with E-state index in [1.807, 2.05) is 0 Å². The van der Waals surface area contributed by atoms with Crippen LogP contribution in [0.3, 0.4) is 0 Å². The lowest BCUT2D eigenvalue weighted by atomic mass is 9.81. The molecule has 78 heavy (non-hydrogen) atoms. The number of fused-ring (bicyclic) bond motifs is 12. The van der Waals surface area contributed by atoms with E-state index in [9.17, 15) is 0 Å². The summed E-state index contributed by atoms with van der Waals surface area (Å²) in [5.74, 6) is 0. The van der Waals surface area contributed by atoms with Crippen LogP contribution in [0.15, 0.2) is 249 Å². The van der Waals surface area contributed by atoms with Crippen LogP contribution >= 0.6 is 0 Å². The number of rotatable bonds is 7. The summed E-state index contributed by atoms with van der Waals surface area (Å²) in [5, 5.41) is 5.14. The van der Waals surface area contributed by atoms with E-state index < -0.39 is 0 Å². The molecule has 0 spiro atoms. The largest absolute Gasteiger partial charge is 0.310 e. The van der Waals surface area contributed by atoms with Crippen LogP contribution in [0.2, 0.25) is 0 Å². The Kier molecular flexibility index (Phi) is 10.1. The van der Waals surface area contributed by atoms with Crippen molar-refractivity contribution in [3.05, 3.63) is 282 Å². The van der Waals surface area contributed by atoms with Crippen molar-refractivity contribution in [1.29, 1.82) is 0 Å². The van der Waals surface area contributed by atoms with Crippen molar-refractivity contribution in [3.8, 4) is 77.9 Å². The minimum Gasteiger partial charge on any atom is -0.310 e. The van der Waals surface area contributed by atoms with Crippen molar-refractivity contribution < 1.29 is 0 Å². The van der Waals surface area contributed by atoms with Crippen LogP contribution in [-0.2, 0) is 16.2 Å². The van der Waals surface area contributed by atoms with E-state index in [0.29, 0.717) is 0 Å². The fourth-order valence-corrected chi connectivity index (χ4v) is 14.0. The summed E-state index contributed by atoms with van der Waals surface area (Å²) in [6.07, 6.45) is 0. The van der Waals surface area contributed by atoms with Crippen LogP contribution in [0.25, 0.3) is 99.4 Å². The molecule has 0 radical (unpaired) electrons. The molecule has 372 valence electrons. The minimum atomic E-state index is -0.248. The molecule has 0 bridgehead atoms. The summed E-state index contributed by atoms with van der Waals surface area (Å²) in [6, 6.07) is 93.8. The van der Waals surface area contributed by atoms with Crippen molar-refractivity contribution in [2.24, 2.45) is 0 Å². The Bertz CT molecular complexity index is 4290. The van der Waals surface area contributed by atoms with Gasteiger partial charge in [-0.2, -0.15) is 0 Å². The highest BCUT2D eigenvalue weighted by molar-refractivity contribution is 6.14. The van der Waals surface area contributed by atoms with Gasteiger partial charge in [0.2, 0.25) is 0 Å². The number of anilines is 3. The first kappa shape index (κ1) is 46.3. The molecular weight excluding hydrogens is 939 g/mol. The third-order valence-corrected chi connectivity index (χ3v) is 18.3. The highest BCUT2D eigenvalue weighted by Gasteiger charge is 2.40. The zero-order valence-corrected chi connectivity index (χ0v) is 45.1. The Balaban J connectivity index is 0.822. The predicted octanol–water partition coefficient (Wildman–Crippen LogP) is 21.0. The zero-order chi connectivity index (χ0) is 52.7. The predicted molar refractivity (Wildman–Crippen MR) is 331 cm³/mol. The quantitative estimate of drug-likeness (QED) is 0.144. The molecule has 3 aliphatic rings. The lowest BCUT2D eigenvalue weighted by molar-refractivity contribution is 0.659. The van der Waals surface area contributed by atoms with Crippen LogP contribution in [0, 0.1) is 0 Å². The molecular formula is C77H59N. The van der Waals surface area contributed by atoms with Crippen LogP contribution in [0.5, 0.6) is 0 Å². The second kappa shape index (κ2) is 17.0. The molecule has 0 fully saturated rings. The van der Waals surface area contributed by atoms with Crippen LogP contribution < -0.4 is 4.90 Å². The Morgan fingerprint density at radius 1 is 0.218 bits per heavy atom. The van der Waals surface area contributed by atoms with Gasteiger partial charge in [0.25, 0.3) is 0 Å². The van der Waals surface area contributed by atoms with Crippen LogP contribution in [0.1, 0.15) is 74.9 Å². The van der Waals surface area contributed by atoms with Gasteiger partial charge in [0.1, 0.15) is 0 Å².